The Labute approximate surface area is 190 Å². The van der Waals surface area contributed by atoms with Crippen LogP contribution >= 0.6 is 19.6 Å². The van der Waals surface area contributed by atoms with Crippen molar-refractivity contribution in [2.75, 3.05) is 24.9 Å². The number of aromatic nitrogens is 1. The number of carbonyl (C=O) groups excluding carboxylic acids is 1. The molecule has 1 aromatic carbocycles. The molecule has 1 heterocycles. The summed E-state index contributed by atoms with van der Waals surface area (Å²) in [5.74, 6) is 0.0579. The van der Waals surface area contributed by atoms with Gasteiger partial charge < -0.3 is 9.47 Å². The Kier molecular flexibility index (Phi) is 9.30. The molecule has 1 saturated carbocycles. The van der Waals surface area contributed by atoms with Gasteiger partial charge in [-0.05, 0) is 38.3 Å². The predicted octanol–water partition coefficient (Wildman–Crippen LogP) is 6.42. The first-order chi connectivity index (χ1) is 15.1. The van der Waals surface area contributed by atoms with Gasteiger partial charge in [-0.15, -0.1) is 0 Å². The minimum atomic E-state index is -1.67. The molecule has 1 aromatic heterocycles. The second-order valence-electron chi connectivity index (χ2n) is 8.11. The fraction of sp³-hybridized carbons (Fsp3) is 0.583. The van der Waals surface area contributed by atoms with E-state index in [1.54, 1.807) is 6.92 Å². The number of ether oxygens (including phenoxy) is 2. The van der Waals surface area contributed by atoms with Crippen LogP contribution in [-0.2, 0) is 18.8 Å². The van der Waals surface area contributed by atoms with Crippen LogP contribution in [0.3, 0.4) is 0 Å². The van der Waals surface area contributed by atoms with Crippen molar-refractivity contribution in [2.45, 2.75) is 63.0 Å². The van der Waals surface area contributed by atoms with Crippen molar-refractivity contribution in [3.05, 3.63) is 36.4 Å². The highest BCUT2D eigenvalue weighted by Gasteiger charge is 2.49. The van der Waals surface area contributed by atoms with Gasteiger partial charge in [0, 0.05) is 12.0 Å². The SMILES string of the molecule is CCOC(=O)C(CC1CCCCC1)(C[P+](=O)CSc1ccc2ccccc2n1)OCC. The number of hydrogen-bond acceptors (Lipinski definition) is 6. The van der Waals surface area contributed by atoms with Gasteiger partial charge in [0.1, 0.15) is 5.03 Å². The Morgan fingerprint density at radius 3 is 2.65 bits per heavy atom. The number of hydrogen-bond donors (Lipinski definition) is 0. The molecule has 0 aliphatic heterocycles. The van der Waals surface area contributed by atoms with E-state index in [0.29, 0.717) is 31.0 Å². The summed E-state index contributed by atoms with van der Waals surface area (Å²) >= 11 is 1.47. The molecule has 0 N–H and O–H groups in total. The van der Waals surface area contributed by atoms with Crippen molar-refractivity contribution in [2.24, 2.45) is 5.92 Å². The maximum Gasteiger partial charge on any atom is 0.353 e. The fourth-order valence-corrected chi connectivity index (χ4v) is 7.09. The molecule has 1 fully saturated rings. The van der Waals surface area contributed by atoms with Gasteiger partial charge in [0.05, 0.1) is 12.1 Å². The number of nitrogens with zero attached hydrogens (tertiary/aromatic N) is 1. The third-order valence-electron chi connectivity index (χ3n) is 5.77. The van der Waals surface area contributed by atoms with Gasteiger partial charge in [-0.25, -0.2) is 9.78 Å². The molecule has 0 spiro atoms. The molecule has 5 nitrogen and oxygen atoms in total. The number of thioether (sulfide) groups is 1. The molecule has 2 unspecified atom stereocenters. The predicted molar refractivity (Wildman–Crippen MR) is 127 cm³/mol. The van der Waals surface area contributed by atoms with E-state index in [-0.39, 0.29) is 12.1 Å². The number of carbonyl (C=O) groups is 1. The monoisotopic (exact) mass is 462 g/mol. The molecular weight excluding hydrogens is 429 g/mol. The molecule has 0 radical (unpaired) electrons. The summed E-state index contributed by atoms with van der Waals surface area (Å²) in [5, 5.41) is 1.92. The zero-order chi connectivity index (χ0) is 22.1. The van der Waals surface area contributed by atoms with E-state index in [1.807, 2.05) is 43.3 Å². The Morgan fingerprint density at radius 2 is 1.90 bits per heavy atom. The molecule has 0 saturated heterocycles. The van der Waals surface area contributed by atoms with Crippen LogP contribution in [0.25, 0.3) is 10.9 Å². The van der Waals surface area contributed by atoms with Crippen LogP contribution in [0.2, 0.25) is 0 Å². The molecule has 1 aliphatic rings. The van der Waals surface area contributed by atoms with Gasteiger partial charge in [0.2, 0.25) is 5.60 Å². The van der Waals surface area contributed by atoms with Crippen LogP contribution in [0.4, 0.5) is 0 Å². The van der Waals surface area contributed by atoms with E-state index in [9.17, 15) is 9.36 Å². The first kappa shape index (κ1) is 24.2. The molecule has 31 heavy (non-hydrogen) atoms. The third kappa shape index (κ3) is 6.74. The number of esters is 1. The van der Waals surface area contributed by atoms with E-state index in [4.69, 9.17) is 9.47 Å². The van der Waals surface area contributed by atoms with Gasteiger partial charge >= 0.3 is 13.8 Å². The molecular formula is C24H33NO4PS+. The average molecular weight is 463 g/mol. The van der Waals surface area contributed by atoms with Gasteiger partial charge in [-0.1, -0.05) is 72.7 Å². The van der Waals surface area contributed by atoms with Crippen LogP contribution < -0.4 is 0 Å². The van der Waals surface area contributed by atoms with E-state index in [0.717, 1.165) is 28.8 Å². The molecule has 2 aromatic rings. The van der Waals surface area contributed by atoms with Crippen molar-refractivity contribution in [1.82, 2.24) is 4.98 Å². The largest absolute Gasteiger partial charge is 0.464 e. The highest BCUT2D eigenvalue weighted by molar-refractivity contribution is 8.03. The van der Waals surface area contributed by atoms with Crippen LogP contribution in [0, 0.1) is 5.92 Å². The Morgan fingerprint density at radius 1 is 1.13 bits per heavy atom. The highest BCUT2D eigenvalue weighted by Crippen LogP contribution is 2.41. The normalized spacial score (nSPS) is 17.3. The average Bonchev–Trinajstić information content (AvgIpc) is 2.78. The van der Waals surface area contributed by atoms with Crippen molar-refractivity contribution < 1.29 is 18.8 Å². The first-order valence-corrected chi connectivity index (χ1v) is 13.9. The zero-order valence-electron chi connectivity index (χ0n) is 18.5. The second-order valence-corrected chi connectivity index (χ2v) is 11.1. The number of benzene rings is 1. The molecule has 7 heteroatoms. The lowest BCUT2D eigenvalue weighted by Crippen LogP contribution is -2.47. The number of pyridine rings is 1. The lowest BCUT2D eigenvalue weighted by atomic mass is 9.81. The quantitative estimate of drug-likeness (QED) is 0.218. The van der Waals surface area contributed by atoms with Crippen LogP contribution in [-0.4, -0.2) is 41.4 Å². The first-order valence-electron chi connectivity index (χ1n) is 11.3. The molecule has 3 rings (SSSR count). The minimum Gasteiger partial charge on any atom is -0.464 e. The fourth-order valence-electron chi connectivity index (χ4n) is 4.37. The van der Waals surface area contributed by atoms with Gasteiger partial charge in [-0.3, -0.25) is 0 Å². The number of fused-ring (bicyclic) bond motifs is 1. The van der Waals surface area contributed by atoms with Crippen LogP contribution in [0.5, 0.6) is 0 Å². The molecule has 2 atom stereocenters. The van der Waals surface area contributed by atoms with Gasteiger partial charge in [-0.2, -0.15) is 0 Å². The number of rotatable bonds is 11. The van der Waals surface area contributed by atoms with Crippen molar-refractivity contribution in [1.29, 1.82) is 0 Å². The summed E-state index contributed by atoms with van der Waals surface area (Å²) < 4.78 is 24.6. The standard InChI is InChI=1S/C24H33NO4PS/c1-3-28-23(26)24(29-4-2,16-19-10-6-5-7-11-19)17-30(27)18-31-22-15-14-20-12-8-9-13-21(20)25-22/h8-9,12-15,19H,3-7,10-11,16-18H2,1-2H3/q+1. The summed E-state index contributed by atoms with van der Waals surface area (Å²) in [6.45, 7) is 4.38. The smallest absolute Gasteiger partial charge is 0.353 e. The van der Waals surface area contributed by atoms with Gasteiger partial charge in [0.25, 0.3) is 0 Å². The summed E-state index contributed by atoms with van der Waals surface area (Å²) in [6.07, 6.45) is 6.62. The lowest BCUT2D eigenvalue weighted by molar-refractivity contribution is -0.171. The topological polar surface area (TPSA) is 65.5 Å². The van der Waals surface area contributed by atoms with Crippen molar-refractivity contribution >= 4 is 36.4 Å². The minimum absolute atomic E-state index is 0.200. The Hall–Kier alpha value is -1.49. The van der Waals surface area contributed by atoms with E-state index in [1.165, 1.54) is 31.0 Å². The third-order valence-corrected chi connectivity index (χ3v) is 8.83. The molecule has 0 amide bonds. The molecule has 1 aliphatic carbocycles. The van der Waals surface area contributed by atoms with E-state index < -0.39 is 13.4 Å². The highest BCUT2D eigenvalue weighted by atomic mass is 32.2. The maximum absolute atomic E-state index is 13.1. The van der Waals surface area contributed by atoms with Crippen molar-refractivity contribution in [3.63, 3.8) is 0 Å². The van der Waals surface area contributed by atoms with E-state index >= 15 is 0 Å². The second kappa shape index (κ2) is 11.9. The van der Waals surface area contributed by atoms with Crippen LogP contribution in [0.15, 0.2) is 41.4 Å². The van der Waals surface area contributed by atoms with E-state index in [2.05, 4.69) is 4.98 Å². The zero-order valence-corrected chi connectivity index (χ0v) is 20.3. The molecule has 0 bridgehead atoms. The summed E-state index contributed by atoms with van der Waals surface area (Å²) in [4.78, 5) is 17.6. The lowest BCUT2D eigenvalue weighted by Gasteiger charge is -2.33. The summed E-state index contributed by atoms with van der Waals surface area (Å²) in [6, 6.07) is 11.9. The summed E-state index contributed by atoms with van der Waals surface area (Å²) in [7, 11) is -1.67. The molecule has 168 valence electrons. The Balaban J connectivity index is 1.69. The summed E-state index contributed by atoms with van der Waals surface area (Å²) in [5.41, 5.74) is 0.215. The van der Waals surface area contributed by atoms with Crippen molar-refractivity contribution in [3.8, 4) is 0 Å². The number of para-hydroxylation sites is 1. The van der Waals surface area contributed by atoms with Gasteiger partial charge in [0.15, 0.2) is 11.7 Å². The Bertz CT molecular complexity index is 887. The van der Waals surface area contributed by atoms with Crippen LogP contribution in [0.1, 0.15) is 52.4 Å². The maximum atomic E-state index is 13.1.